The van der Waals surface area contributed by atoms with E-state index in [9.17, 15) is 19.1 Å². The quantitative estimate of drug-likeness (QED) is 0.192. The number of methoxy groups -OCH3 is 5. The summed E-state index contributed by atoms with van der Waals surface area (Å²) in [6.07, 6.45) is 0. The highest BCUT2D eigenvalue weighted by atomic mass is 31.2. The molecule has 4 aromatic rings. The molecule has 38 heavy (non-hydrogen) atoms. The van der Waals surface area contributed by atoms with Gasteiger partial charge >= 0.3 is 7.82 Å². The minimum absolute atomic E-state index is 0.0985. The SMILES string of the molecule is COc1ccc(-c2c(C(=O)c3cc(OC)c(OC)c(OC)c3)[nH]c3cccc(OC)c23)cc1OP(=O)(O)O. The zero-order chi connectivity index (χ0) is 27.6. The highest BCUT2D eigenvalue weighted by Crippen LogP contribution is 2.46. The van der Waals surface area contributed by atoms with Gasteiger partial charge in [0.15, 0.2) is 23.0 Å². The van der Waals surface area contributed by atoms with E-state index >= 15 is 0 Å². The van der Waals surface area contributed by atoms with Crippen LogP contribution in [0.2, 0.25) is 0 Å². The van der Waals surface area contributed by atoms with Gasteiger partial charge < -0.3 is 33.2 Å². The highest BCUT2D eigenvalue weighted by molar-refractivity contribution is 7.46. The number of aromatic amines is 1. The third kappa shape index (κ3) is 4.99. The predicted octanol–water partition coefficient (Wildman–Crippen LogP) is 4.58. The summed E-state index contributed by atoms with van der Waals surface area (Å²) in [5.74, 6) is 0.894. The molecular weight excluding hydrogens is 517 g/mol. The van der Waals surface area contributed by atoms with Crippen molar-refractivity contribution < 1.29 is 47.4 Å². The zero-order valence-corrected chi connectivity index (χ0v) is 22.1. The number of H-pyrrole nitrogens is 1. The Balaban J connectivity index is 2.00. The summed E-state index contributed by atoms with van der Waals surface area (Å²) in [6, 6.07) is 12.9. The smallest absolute Gasteiger partial charge is 0.496 e. The molecule has 0 aliphatic heterocycles. The molecule has 0 radical (unpaired) electrons. The van der Waals surface area contributed by atoms with Gasteiger partial charge in [-0.2, -0.15) is 0 Å². The first-order chi connectivity index (χ1) is 18.1. The molecule has 3 N–H and O–H groups in total. The average Bonchev–Trinajstić information content (AvgIpc) is 3.30. The number of rotatable bonds is 10. The lowest BCUT2D eigenvalue weighted by atomic mass is 9.96. The molecule has 1 aromatic heterocycles. The first-order valence-corrected chi connectivity index (χ1v) is 12.7. The lowest BCUT2D eigenvalue weighted by molar-refractivity contribution is 0.103. The van der Waals surface area contributed by atoms with Crippen LogP contribution in [0.3, 0.4) is 0 Å². The fourth-order valence-corrected chi connectivity index (χ4v) is 4.63. The van der Waals surface area contributed by atoms with E-state index < -0.39 is 13.6 Å². The first kappa shape index (κ1) is 26.9. The number of carbonyl (C=O) groups is 1. The van der Waals surface area contributed by atoms with Crippen molar-refractivity contribution in [2.24, 2.45) is 0 Å². The molecule has 11 nitrogen and oxygen atoms in total. The van der Waals surface area contributed by atoms with Crippen LogP contribution in [0.5, 0.6) is 34.5 Å². The summed E-state index contributed by atoms with van der Waals surface area (Å²) in [7, 11) is 2.30. The molecule has 12 heteroatoms. The summed E-state index contributed by atoms with van der Waals surface area (Å²) in [5, 5.41) is 0.582. The molecule has 0 saturated carbocycles. The van der Waals surface area contributed by atoms with E-state index in [-0.39, 0.29) is 22.8 Å². The van der Waals surface area contributed by atoms with Gasteiger partial charge in [-0.15, -0.1) is 0 Å². The maximum atomic E-state index is 14.0. The van der Waals surface area contributed by atoms with Gasteiger partial charge in [-0.05, 0) is 42.0 Å². The van der Waals surface area contributed by atoms with Crippen molar-refractivity contribution in [2.45, 2.75) is 0 Å². The lowest BCUT2D eigenvalue weighted by Crippen LogP contribution is -2.06. The minimum atomic E-state index is -4.91. The lowest BCUT2D eigenvalue weighted by Gasteiger charge is -2.15. The summed E-state index contributed by atoms with van der Waals surface area (Å²) in [5.41, 5.74) is 1.87. The van der Waals surface area contributed by atoms with Crippen molar-refractivity contribution in [3.05, 3.63) is 59.8 Å². The van der Waals surface area contributed by atoms with Crippen LogP contribution < -0.4 is 28.2 Å². The number of ketones is 1. The standard InChI is InChI=1S/C26H26NO10P/c1-32-17-10-9-14(11-19(17)37-38(29,30)31)22-23-16(7-6-8-18(23)33-2)27-24(22)25(28)15-12-20(34-3)26(36-5)21(13-15)35-4/h6-13,27H,1-5H3,(H2,29,30,31). The number of ether oxygens (including phenoxy) is 5. The molecule has 0 spiro atoms. The fourth-order valence-electron chi connectivity index (χ4n) is 4.23. The van der Waals surface area contributed by atoms with E-state index in [2.05, 4.69) is 4.98 Å². The maximum Gasteiger partial charge on any atom is 0.524 e. The van der Waals surface area contributed by atoms with E-state index in [1.807, 2.05) is 0 Å². The zero-order valence-electron chi connectivity index (χ0n) is 21.2. The number of hydrogen-bond donors (Lipinski definition) is 3. The molecule has 0 aliphatic carbocycles. The van der Waals surface area contributed by atoms with Crippen LogP contribution in [0.25, 0.3) is 22.0 Å². The second kappa shape index (κ2) is 10.7. The van der Waals surface area contributed by atoms with Gasteiger partial charge in [0.1, 0.15) is 5.75 Å². The van der Waals surface area contributed by atoms with Gasteiger partial charge in [0, 0.05) is 11.1 Å². The average molecular weight is 543 g/mol. The fraction of sp³-hybridized carbons (Fsp3) is 0.192. The molecule has 0 aliphatic rings. The Morgan fingerprint density at radius 2 is 1.39 bits per heavy atom. The van der Waals surface area contributed by atoms with E-state index in [0.717, 1.165) is 0 Å². The van der Waals surface area contributed by atoms with Gasteiger partial charge in [-0.1, -0.05) is 12.1 Å². The molecule has 0 amide bonds. The Morgan fingerprint density at radius 3 is 1.95 bits per heavy atom. The normalized spacial score (nSPS) is 11.2. The van der Waals surface area contributed by atoms with Crippen LogP contribution in [0, 0.1) is 0 Å². The summed E-state index contributed by atoms with van der Waals surface area (Å²) in [4.78, 5) is 36.0. The number of hydrogen-bond acceptors (Lipinski definition) is 8. The molecule has 200 valence electrons. The predicted molar refractivity (Wildman–Crippen MR) is 139 cm³/mol. The van der Waals surface area contributed by atoms with Crippen molar-refractivity contribution in [2.75, 3.05) is 35.5 Å². The summed E-state index contributed by atoms with van der Waals surface area (Å²) >= 11 is 0. The number of phosphoric acid groups is 1. The topological polar surface area (TPSA) is 146 Å². The molecule has 1 heterocycles. The molecule has 4 rings (SSSR count). The number of nitrogens with one attached hydrogen (secondary N) is 1. The monoisotopic (exact) mass is 543 g/mol. The van der Waals surface area contributed by atoms with Crippen LogP contribution in [0.15, 0.2) is 48.5 Å². The van der Waals surface area contributed by atoms with Crippen LogP contribution in [-0.2, 0) is 4.57 Å². The largest absolute Gasteiger partial charge is 0.524 e. The Morgan fingerprint density at radius 1 is 0.763 bits per heavy atom. The molecular formula is C26H26NO10P. The van der Waals surface area contributed by atoms with Crippen molar-refractivity contribution in [3.8, 4) is 45.6 Å². The van der Waals surface area contributed by atoms with Crippen molar-refractivity contribution >= 4 is 24.5 Å². The molecule has 0 bridgehead atoms. The van der Waals surface area contributed by atoms with E-state index in [4.69, 9.17) is 28.2 Å². The van der Waals surface area contributed by atoms with Gasteiger partial charge in [0.25, 0.3) is 0 Å². The van der Waals surface area contributed by atoms with Gasteiger partial charge in [-0.3, -0.25) is 14.6 Å². The minimum Gasteiger partial charge on any atom is -0.496 e. The number of carbonyl (C=O) groups excluding carboxylic acids is 1. The second-order valence-electron chi connectivity index (χ2n) is 7.95. The van der Waals surface area contributed by atoms with Crippen LogP contribution in [0.4, 0.5) is 0 Å². The van der Waals surface area contributed by atoms with Crippen molar-refractivity contribution in [3.63, 3.8) is 0 Å². The number of phosphoric ester groups is 1. The molecule has 0 unspecified atom stereocenters. The number of benzene rings is 3. The van der Waals surface area contributed by atoms with Gasteiger partial charge in [0.05, 0.1) is 52.1 Å². The van der Waals surface area contributed by atoms with E-state index in [0.29, 0.717) is 45.0 Å². The first-order valence-electron chi connectivity index (χ1n) is 11.1. The third-order valence-electron chi connectivity index (χ3n) is 5.83. The van der Waals surface area contributed by atoms with E-state index in [1.54, 1.807) is 24.3 Å². The van der Waals surface area contributed by atoms with Gasteiger partial charge in [-0.25, -0.2) is 4.57 Å². The van der Waals surface area contributed by atoms with Crippen LogP contribution in [0.1, 0.15) is 16.1 Å². The second-order valence-corrected chi connectivity index (χ2v) is 9.11. The molecule has 3 aromatic carbocycles. The number of aromatic nitrogens is 1. The molecule has 0 atom stereocenters. The molecule has 0 fully saturated rings. The van der Waals surface area contributed by atoms with Gasteiger partial charge in [0.2, 0.25) is 11.5 Å². The van der Waals surface area contributed by atoms with Crippen molar-refractivity contribution in [1.29, 1.82) is 0 Å². The molecule has 0 saturated heterocycles. The van der Waals surface area contributed by atoms with Crippen LogP contribution >= 0.6 is 7.82 Å². The third-order valence-corrected chi connectivity index (χ3v) is 6.26. The van der Waals surface area contributed by atoms with E-state index in [1.165, 1.54) is 59.8 Å². The highest BCUT2D eigenvalue weighted by Gasteiger charge is 2.27. The Hall–Kier alpha value is -4.18. The Labute approximate surface area is 218 Å². The summed E-state index contributed by atoms with van der Waals surface area (Å²) in [6.45, 7) is 0. The number of fused-ring (bicyclic) bond motifs is 1. The maximum absolute atomic E-state index is 14.0. The Bertz CT molecular complexity index is 1530. The van der Waals surface area contributed by atoms with Crippen molar-refractivity contribution in [1.82, 2.24) is 4.98 Å². The Kier molecular flexibility index (Phi) is 7.54. The van der Waals surface area contributed by atoms with Crippen LogP contribution in [-0.4, -0.2) is 56.1 Å². The summed E-state index contributed by atoms with van der Waals surface area (Å²) < 4.78 is 43.5.